The second-order valence-electron chi connectivity index (χ2n) is 5.37. The smallest absolute Gasteiger partial charge is 0.322 e. The lowest BCUT2D eigenvalue weighted by Gasteiger charge is -2.21. The van der Waals surface area contributed by atoms with Crippen molar-refractivity contribution in [2.45, 2.75) is 45.1 Å². The maximum atomic E-state index is 12.2. The molecule has 1 amide bonds. The molecule has 0 aromatic carbocycles. The Balaban J connectivity index is 5.08. The summed E-state index contributed by atoms with van der Waals surface area (Å²) >= 11 is 0. The molecule has 0 bridgehead atoms. The van der Waals surface area contributed by atoms with Crippen molar-refractivity contribution in [1.29, 1.82) is 0 Å². The van der Waals surface area contributed by atoms with E-state index in [-0.39, 0.29) is 5.92 Å². The predicted octanol–water partition coefficient (Wildman–Crippen LogP) is 0.671. The monoisotopic (exact) mass is 293 g/mol. The molecule has 19 heavy (non-hydrogen) atoms. The SMILES string of the molecule is CC(C)CNC(=O)C(C)S(=O)(=O)C(C(=O)O)C(C)C. The molecule has 0 rings (SSSR count). The van der Waals surface area contributed by atoms with Gasteiger partial charge in [-0.3, -0.25) is 9.59 Å². The molecule has 0 aliphatic heterocycles. The van der Waals surface area contributed by atoms with Crippen molar-refractivity contribution in [2.75, 3.05) is 6.54 Å². The molecule has 0 radical (unpaired) electrons. The topological polar surface area (TPSA) is 101 Å². The summed E-state index contributed by atoms with van der Waals surface area (Å²) in [5.74, 6) is -2.47. The number of aliphatic carboxylic acids is 1. The lowest BCUT2D eigenvalue weighted by atomic mass is 10.1. The summed E-state index contributed by atoms with van der Waals surface area (Å²) in [6, 6.07) is 0. The van der Waals surface area contributed by atoms with E-state index in [0.29, 0.717) is 6.54 Å². The molecule has 0 aliphatic carbocycles. The molecule has 2 atom stereocenters. The number of hydrogen-bond acceptors (Lipinski definition) is 4. The van der Waals surface area contributed by atoms with E-state index >= 15 is 0 Å². The molecule has 7 heteroatoms. The fourth-order valence-electron chi connectivity index (χ4n) is 1.62. The van der Waals surface area contributed by atoms with Crippen molar-refractivity contribution >= 4 is 21.7 Å². The molecular formula is C12H23NO5S. The number of hydrogen-bond donors (Lipinski definition) is 2. The Labute approximate surface area is 114 Å². The van der Waals surface area contributed by atoms with Crippen molar-refractivity contribution < 1.29 is 23.1 Å². The molecule has 112 valence electrons. The molecule has 2 N–H and O–H groups in total. The Bertz CT molecular complexity index is 427. The van der Waals surface area contributed by atoms with Gasteiger partial charge in [-0.25, -0.2) is 8.42 Å². The number of carbonyl (C=O) groups is 2. The summed E-state index contributed by atoms with van der Waals surface area (Å²) in [4.78, 5) is 22.8. The molecule has 6 nitrogen and oxygen atoms in total. The summed E-state index contributed by atoms with van der Waals surface area (Å²) in [6.07, 6.45) is 0. The second-order valence-corrected chi connectivity index (χ2v) is 7.77. The van der Waals surface area contributed by atoms with Gasteiger partial charge in [0.1, 0.15) is 5.25 Å². The molecular weight excluding hydrogens is 270 g/mol. The molecule has 0 aliphatic rings. The maximum Gasteiger partial charge on any atom is 0.322 e. The van der Waals surface area contributed by atoms with Crippen molar-refractivity contribution in [3.05, 3.63) is 0 Å². The van der Waals surface area contributed by atoms with Crippen molar-refractivity contribution in [2.24, 2.45) is 11.8 Å². The highest BCUT2D eigenvalue weighted by Crippen LogP contribution is 2.18. The Kier molecular flexibility index (Phi) is 6.48. The lowest BCUT2D eigenvalue weighted by molar-refractivity contribution is -0.137. The minimum absolute atomic E-state index is 0.194. The van der Waals surface area contributed by atoms with Crippen molar-refractivity contribution in [1.82, 2.24) is 5.32 Å². The van der Waals surface area contributed by atoms with Gasteiger partial charge in [0.2, 0.25) is 5.91 Å². The molecule has 0 aromatic rings. The highest BCUT2D eigenvalue weighted by molar-refractivity contribution is 7.94. The van der Waals surface area contributed by atoms with Crippen LogP contribution in [-0.4, -0.2) is 42.4 Å². The number of carboxylic acid groups (broad SMARTS) is 1. The average Bonchev–Trinajstić information content (AvgIpc) is 2.22. The molecule has 0 heterocycles. The first kappa shape index (κ1) is 17.9. The predicted molar refractivity (Wildman–Crippen MR) is 72.5 cm³/mol. The van der Waals surface area contributed by atoms with E-state index in [9.17, 15) is 18.0 Å². The van der Waals surface area contributed by atoms with Crippen LogP contribution in [0, 0.1) is 11.8 Å². The normalized spacial score (nSPS) is 15.3. The Morgan fingerprint density at radius 2 is 1.58 bits per heavy atom. The first-order chi connectivity index (χ1) is 8.51. The summed E-state index contributed by atoms with van der Waals surface area (Å²) in [5.41, 5.74) is 0. The van der Waals surface area contributed by atoms with Gasteiger partial charge in [-0.1, -0.05) is 27.7 Å². The number of sulfone groups is 1. The quantitative estimate of drug-likeness (QED) is 0.718. The van der Waals surface area contributed by atoms with E-state index in [2.05, 4.69) is 5.32 Å². The molecule has 0 spiro atoms. The molecule has 0 saturated carbocycles. The number of rotatable bonds is 7. The second kappa shape index (κ2) is 6.88. The lowest BCUT2D eigenvalue weighted by Crippen LogP contribution is -2.47. The van der Waals surface area contributed by atoms with Crippen LogP contribution in [0.5, 0.6) is 0 Å². The highest BCUT2D eigenvalue weighted by Gasteiger charge is 2.41. The van der Waals surface area contributed by atoms with Crippen LogP contribution in [0.2, 0.25) is 0 Å². The highest BCUT2D eigenvalue weighted by atomic mass is 32.2. The van der Waals surface area contributed by atoms with Gasteiger partial charge in [0.05, 0.1) is 0 Å². The number of nitrogens with one attached hydrogen (secondary N) is 1. The molecule has 0 aromatic heterocycles. The fraction of sp³-hybridized carbons (Fsp3) is 0.833. The van der Waals surface area contributed by atoms with Crippen LogP contribution in [0.1, 0.15) is 34.6 Å². The van der Waals surface area contributed by atoms with E-state index in [0.717, 1.165) is 0 Å². The third kappa shape index (κ3) is 4.81. The summed E-state index contributed by atoms with van der Waals surface area (Å²) in [7, 11) is -4.06. The molecule has 0 fully saturated rings. The largest absolute Gasteiger partial charge is 0.480 e. The van der Waals surface area contributed by atoms with Gasteiger partial charge in [-0.15, -0.1) is 0 Å². The van der Waals surface area contributed by atoms with E-state index in [1.165, 1.54) is 20.8 Å². The van der Waals surface area contributed by atoms with Crippen LogP contribution in [-0.2, 0) is 19.4 Å². The first-order valence-corrected chi connectivity index (χ1v) is 7.86. The average molecular weight is 293 g/mol. The fourth-order valence-corrected chi connectivity index (χ4v) is 3.48. The van der Waals surface area contributed by atoms with Crippen LogP contribution in [0.4, 0.5) is 0 Å². The van der Waals surface area contributed by atoms with Crippen LogP contribution in [0.15, 0.2) is 0 Å². The van der Waals surface area contributed by atoms with E-state index < -0.39 is 38.1 Å². The van der Waals surface area contributed by atoms with Crippen LogP contribution < -0.4 is 5.32 Å². The zero-order chi connectivity index (χ0) is 15.4. The zero-order valence-corrected chi connectivity index (χ0v) is 12.8. The van der Waals surface area contributed by atoms with Crippen molar-refractivity contribution in [3.63, 3.8) is 0 Å². The van der Waals surface area contributed by atoms with E-state index in [4.69, 9.17) is 5.11 Å². The number of carbonyl (C=O) groups excluding carboxylic acids is 1. The van der Waals surface area contributed by atoms with Crippen LogP contribution in [0.25, 0.3) is 0 Å². The number of amides is 1. The van der Waals surface area contributed by atoms with Gasteiger partial charge >= 0.3 is 5.97 Å². The summed E-state index contributed by atoms with van der Waals surface area (Å²) < 4.78 is 24.3. The summed E-state index contributed by atoms with van der Waals surface area (Å²) in [6.45, 7) is 8.37. The third-order valence-electron chi connectivity index (χ3n) is 2.75. The van der Waals surface area contributed by atoms with Crippen LogP contribution >= 0.6 is 0 Å². The van der Waals surface area contributed by atoms with E-state index in [1.807, 2.05) is 13.8 Å². The Morgan fingerprint density at radius 3 is 1.89 bits per heavy atom. The van der Waals surface area contributed by atoms with Crippen LogP contribution in [0.3, 0.4) is 0 Å². The third-order valence-corrected chi connectivity index (χ3v) is 5.40. The first-order valence-electron chi connectivity index (χ1n) is 6.25. The maximum absolute atomic E-state index is 12.2. The molecule has 2 unspecified atom stereocenters. The Morgan fingerprint density at radius 1 is 1.11 bits per heavy atom. The van der Waals surface area contributed by atoms with Gasteiger partial charge in [-0.05, 0) is 18.8 Å². The minimum atomic E-state index is -4.06. The van der Waals surface area contributed by atoms with Gasteiger partial charge in [0.15, 0.2) is 15.1 Å². The Hall–Kier alpha value is -1.11. The molecule has 0 saturated heterocycles. The number of carboxylic acids is 1. The van der Waals surface area contributed by atoms with Gasteiger partial charge in [0.25, 0.3) is 0 Å². The standard InChI is InChI=1S/C12H23NO5S/c1-7(2)6-13-11(14)9(5)19(17,18)10(8(3)4)12(15)16/h7-10H,6H2,1-5H3,(H,13,14)(H,15,16). The zero-order valence-electron chi connectivity index (χ0n) is 12.0. The van der Waals surface area contributed by atoms with Gasteiger partial charge in [0, 0.05) is 6.54 Å². The summed E-state index contributed by atoms with van der Waals surface area (Å²) in [5, 5.41) is 8.60. The van der Waals surface area contributed by atoms with Gasteiger partial charge < -0.3 is 10.4 Å². The van der Waals surface area contributed by atoms with E-state index in [1.54, 1.807) is 0 Å². The van der Waals surface area contributed by atoms with Crippen molar-refractivity contribution in [3.8, 4) is 0 Å². The minimum Gasteiger partial charge on any atom is -0.480 e. The van der Waals surface area contributed by atoms with Gasteiger partial charge in [-0.2, -0.15) is 0 Å².